The Balaban J connectivity index is 1.52. The molecule has 2 heterocycles. The molecular formula is C24H29N3O2. The fourth-order valence-corrected chi connectivity index (χ4v) is 5.04. The summed E-state index contributed by atoms with van der Waals surface area (Å²) in [6, 6.07) is 14.2. The summed E-state index contributed by atoms with van der Waals surface area (Å²) in [4.78, 5) is 33.3. The largest absolute Gasteiger partial charge is 0.349 e. The molecule has 1 aliphatic carbocycles. The normalized spacial score (nSPS) is 19.8. The third-order valence-electron chi connectivity index (χ3n) is 6.64. The minimum atomic E-state index is 0.0224. The molecule has 1 aromatic carbocycles. The van der Waals surface area contributed by atoms with Crippen LogP contribution in [0.5, 0.6) is 0 Å². The van der Waals surface area contributed by atoms with Crippen molar-refractivity contribution in [2.45, 2.75) is 43.9 Å². The van der Waals surface area contributed by atoms with Crippen molar-refractivity contribution in [3.63, 3.8) is 0 Å². The maximum atomic E-state index is 12.9. The number of hydrogen-bond acceptors (Lipinski definition) is 3. The lowest BCUT2D eigenvalue weighted by atomic mass is 9.73. The number of carbonyl (C=O) groups excluding carboxylic acids is 2. The summed E-state index contributed by atoms with van der Waals surface area (Å²) >= 11 is 0. The van der Waals surface area contributed by atoms with Gasteiger partial charge in [0.2, 0.25) is 5.91 Å². The van der Waals surface area contributed by atoms with Crippen LogP contribution < -0.4 is 0 Å². The Kier molecular flexibility index (Phi) is 5.15. The number of carbonyl (C=O) groups is 2. The predicted octanol–water partition coefficient (Wildman–Crippen LogP) is 3.53. The molecule has 1 unspecified atom stereocenters. The highest BCUT2D eigenvalue weighted by Crippen LogP contribution is 2.52. The summed E-state index contributed by atoms with van der Waals surface area (Å²) in [5.74, 6) is 0.468. The van der Waals surface area contributed by atoms with Crippen molar-refractivity contribution in [2.24, 2.45) is 0 Å². The predicted molar refractivity (Wildman–Crippen MR) is 113 cm³/mol. The molecule has 4 rings (SSSR count). The van der Waals surface area contributed by atoms with E-state index in [4.69, 9.17) is 0 Å². The van der Waals surface area contributed by atoms with E-state index in [0.717, 1.165) is 38.0 Å². The highest BCUT2D eigenvalue weighted by molar-refractivity contribution is 5.92. The van der Waals surface area contributed by atoms with Gasteiger partial charge in [-0.3, -0.25) is 9.59 Å². The SMILES string of the molecule is Cc1cccc(C(=O)N2CCC3(CC2)CC(CC(=O)N(C)C)c2ccccc23)n1. The van der Waals surface area contributed by atoms with Crippen molar-refractivity contribution in [3.8, 4) is 0 Å². The fourth-order valence-electron chi connectivity index (χ4n) is 5.04. The lowest BCUT2D eigenvalue weighted by Gasteiger charge is -2.40. The second-order valence-electron chi connectivity index (χ2n) is 8.72. The van der Waals surface area contributed by atoms with E-state index in [1.165, 1.54) is 11.1 Å². The molecule has 1 fully saturated rings. The van der Waals surface area contributed by atoms with E-state index in [1.54, 1.807) is 11.0 Å². The molecular weight excluding hydrogens is 362 g/mol. The average Bonchev–Trinajstić information content (AvgIpc) is 3.01. The lowest BCUT2D eigenvalue weighted by molar-refractivity contribution is -0.129. The van der Waals surface area contributed by atoms with E-state index in [0.29, 0.717) is 12.1 Å². The smallest absolute Gasteiger partial charge is 0.272 e. The lowest BCUT2D eigenvalue weighted by Crippen LogP contribution is -2.44. The molecule has 2 aromatic rings. The van der Waals surface area contributed by atoms with E-state index >= 15 is 0 Å². The zero-order valence-electron chi connectivity index (χ0n) is 17.5. The first-order chi connectivity index (χ1) is 13.9. The van der Waals surface area contributed by atoms with Crippen LogP contribution in [0.15, 0.2) is 42.5 Å². The molecule has 2 amide bonds. The van der Waals surface area contributed by atoms with Crippen LogP contribution in [0.4, 0.5) is 0 Å². The van der Waals surface area contributed by atoms with Crippen LogP contribution in [0.25, 0.3) is 0 Å². The van der Waals surface area contributed by atoms with Crippen LogP contribution >= 0.6 is 0 Å². The Morgan fingerprint density at radius 2 is 1.83 bits per heavy atom. The molecule has 0 radical (unpaired) electrons. The molecule has 0 saturated carbocycles. The zero-order valence-corrected chi connectivity index (χ0v) is 17.5. The van der Waals surface area contributed by atoms with Crippen LogP contribution in [-0.4, -0.2) is 53.8 Å². The van der Waals surface area contributed by atoms with Gasteiger partial charge in [-0.05, 0) is 60.8 Å². The number of pyridine rings is 1. The third-order valence-corrected chi connectivity index (χ3v) is 6.64. The molecule has 0 bridgehead atoms. The van der Waals surface area contributed by atoms with Gasteiger partial charge in [-0.25, -0.2) is 4.98 Å². The van der Waals surface area contributed by atoms with E-state index in [2.05, 4.69) is 29.2 Å². The second-order valence-corrected chi connectivity index (χ2v) is 8.72. The number of likely N-dealkylation sites (tertiary alicyclic amines) is 1. The first-order valence-electron chi connectivity index (χ1n) is 10.4. The quantitative estimate of drug-likeness (QED) is 0.804. The van der Waals surface area contributed by atoms with Crippen LogP contribution in [0.1, 0.15) is 58.9 Å². The van der Waals surface area contributed by atoms with Gasteiger partial charge in [0.25, 0.3) is 5.91 Å². The molecule has 5 heteroatoms. The maximum absolute atomic E-state index is 12.9. The molecule has 1 spiro atoms. The van der Waals surface area contributed by atoms with Crippen molar-refractivity contribution in [2.75, 3.05) is 27.2 Å². The Labute approximate surface area is 172 Å². The number of rotatable bonds is 3. The van der Waals surface area contributed by atoms with Crippen molar-refractivity contribution in [3.05, 3.63) is 65.0 Å². The number of nitrogens with zero attached hydrogens (tertiary/aromatic N) is 3. The topological polar surface area (TPSA) is 53.5 Å². The van der Waals surface area contributed by atoms with Crippen molar-refractivity contribution in [1.29, 1.82) is 0 Å². The molecule has 2 aliphatic rings. The minimum Gasteiger partial charge on any atom is -0.349 e. The highest BCUT2D eigenvalue weighted by atomic mass is 16.2. The number of aromatic nitrogens is 1. The van der Waals surface area contributed by atoms with Crippen LogP contribution in [0, 0.1) is 6.92 Å². The summed E-state index contributed by atoms with van der Waals surface area (Å²) < 4.78 is 0. The minimum absolute atomic E-state index is 0.0224. The summed E-state index contributed by atoms with van der Waals surface area (Å²) in [5.41, 5.74) is 4.18. The van der Waals surface area contributed by atoms with Gasteiger partial charge in [0.1, 0.15) is 5.69 Å². The van der Waals surface area contributed by atoms with Crippen molar-refractivity contribution < 1.29 is 9.59 Å². The summed E-state index contributed by atoms with van der Waals surface area (Å²) in [6.07, 6.45) is 3.43. The molecule has 152 valence electrons. The Morgan fingerprint density at radius 1 is 1.10 bits per heavy atom. The summed E-state index contributed by atoms with van der Waals surface area (Å²) in [5, 5.41) is 0. The monoisotopic (exact) mass is 391 g/mol. The summed E-state index contributed by atoms with van der Waals surface area (Å²) in [7, 11) is 3.64. The number of amides is 2. The van der Waals surface area contributed by atoms with Gasteiger partial charge in [0.15, 0.2) is 0 Å². The molecule has 0 N–H and O–H groups in total. The van der Waals surface area contributed by atoms with Crippen LogP contribution in [0.2, 0.25) is 0 Å². The molecule has 1 saturated heterocycles. The average molecular weight is 392 g/mol. The number of fused-ring (bicyclic) bond motifs is 2. The third kappa shape index (κ3) is 3.66. The Bertz CT molecular complexity index is 929. The zero-order chi connectivity index (χ0) is 20.6. The number of piperidine rings is 1. The Morgan fingerprint density at radius 3 is 2.52 bits per heavy atom. The first kappa shape index (κ1) is 19.6. The van der Waals surface area contributed by atoms with Crippen molar-refractivity contribution in [1.82, 2.24) is 14.8 Å². The maximum Gasteiger partial charge on any atom is 0.272 e. The van der Waals surface area contributed by atoms with E-state index in [1.807, 2.05) is 38.1 Å². The molecule has 1 aromatic heterocycles. The van der Waals surface area contributed by atoms with Gasteiger partial charge < -0.3 is 9.80 Å². The number of aryl methyl sites for hydroxylation is 1. The van der Waals surface area contributed by atoms with Gasteiger partial charge in [0, 0.05) is 39.3 Å². The number of hydrogen-bond donors (Lipinski definition) is 0. The Hall–Kier alpha value is -2.69. The van der Waals surface area contributed by atoms with Crippen LogP contribution in [-0.2, 0) is 10.2 Å². The summed E-state index contributed by atoms with van der Waals surface area (Å²) in [6.45, 7) is 3.38. The highest BCUT2D eigenvalue weighted by Gasteiger charge is 2.46. The van der Waals surface area contributed by atoms with E-state index < -0.39 is 0 Å². The molecule has 1 atom stereocenters. The second kappa shape index (κ2) is 7.62. The molecule has 29 heavy (non-hydrogen) atoms. The van der Waals surface area contributed by atoms with E-state index in [-0.39, 0.29) is 23.1 Å². The van der Waals surface area contributed by atoms with Gasteiger partial charge in [-0.1, -0.05) is 30.3 Å². The molecule has 5 nitrogen and oxygen atoms in total. The van der Waals surface area contributed by atoms with E-state index in [9.17, 15) is 9.59 Å². The first-order valence-corrected chi connectivity index (χ1v) is 10.4. The van der Waals surface area contributed by atoms with Gasteiger partial charge >= 0.3 is 0 Å². The van der Waals surface area contributed by atoms with Crippen molar-refractivity contribution >= 4 is 11.8 Å². The van der Waals surface area contributed by atoms with Gasteiger partial charge in [-0.15, -0.1) is 0 Å². The number of benzene rings is 1. The van der Waals surface area contributed by atoms with Gasteiger partial charge in [-0.2, -0.15) is 0 Å². The van der Waals surface area contributed by atoms with Gasteiger partial charge in [0.05, 0.1) is 0 Å². The fraction of sp³-hybridized carbons (Fsp3) is 0.458. The van der Waals surface area contributed by atoms with Crippen LogP contribution in [0.3, 0.4) is 0 Å². The molecule has 1 aliphatic heterocycles. The standard InChI is InChI=1S/C24H29N3O2/c1-17-7-6-10-21(25-17)23(29)27-13-11-24(12-14-27)16-18(15-22(28)26(2)3)19-8-4-5-9-20(19)24/h4-10,18H,11-16H2,1-3H3.